The SMILES string of the molecule is CCc1nnc(NN=C2C(=O)N(CCc3ccccc3)c3ccccc3S2(=O)=O)s1. The second-order valence-corrected chi connectivity index (χ2v) is 9.44. The van der Waals surface area contributed by atoms with Gasteiger partial charge in [0.15, 0.2) is 0 Å². The molecule has 0 aliphatic carbocycles. The van der Waals surface area contributed by atoms with Crippen molar-refractivity contribution in [1.82, 2.24) is 10.2 Å². The Morgan fingerprint density at radius 1 is 1.07 bits per heavy atom. The van der Waals surface area contributed by atoms with Gasteiger partial charge >= 0.3 is 0 Å². The van der Waals surface area contributed by atoms with E-state index in [4.69, 9.17) is 0 Å². The second kappa shape index (κ2) is 8.33. The number of rotatable bonds is 6. The van der Waals surface area contributed by atoms with Gasteiger partial charge in [-0.05, 0) is 30.5 Å². The summed E-state index contributed by atoms with van der Waals surface area (Å²) in [6, 6.07) is 16.2. The lowest BCUT2D eigenvalue weighted by Crippen LogP contribution is -2.46. The first-order valence-corrected chi connectivity index (χ1v) is 11.7. The third-order valence-electron chi connectivity index (χ3n) is 4.62. The number of hydrogen-bond donors (Lipinski definition) is 1. The van der Waals surface area contributed by atoms with Crippen LogP contribution in [0.15, 0.2) is 64.6 Å². The average molecular weight is 442 g/mol. The molecule has 1 aliphatic rings. The highest BCUT2D eigenvalue weighted by molar-refractivity contribution is 8.08. The number of nitrogens with zero attached hydrogens (tertiary/aromatic N) is 4. The van der Waals surface area contributed by atoms with E-state index in [1.807, 2.05) is 37.3 Å². The molecule has 0 unspecified atom stereocenters. The quantitative estimate of drug-likeness (QED) is 0.590. The maximum Gasteiger partial charge on any atom is 0.290 e. The van der Waals surface area contributed by atoms with Crippen LogP contribution in [0.1, 0.15) is 17.5 Å². The molecule has 1 amide bonds. The van der Waals surface area contributed by atoms with Crippen molar-refractivity contribution >= 4 is 42.9 Å². The largest absolute Gasteiger partial charge is 0.305 e. The van der Waals surface area contributed by atoms with Gasteiger partial charge in [-0.3, -0.25) is 4.79 Å². The maximum atomic E-state index is 13.2. The summed E-state index contributed by atoms with van der Waals surface area (Å²) in [5.74, 6) is -0.669. The average Bonchev–Trinajstić information content (AvgIpc) is 3.22. The summed E-state index contributed by atoms with van der Waals surface area (Å²) in [5, 5.41) is 12.4. The molecule has 154 valence electrons. The van der Waals surface area contributed by atoms with Crippen LogP contribution in [0.3, 0.4) is 0 Å². The van der Waals surface area contributed by atoms with Gasteiger partial charge in [0.25, 0.3) is 5.91 Å². The molecular weight excluding hydrogens is 422 g/mol. The number of aryl methyl sites for hydroxylation is 1. The molecule has 2 heterocycles. The number of carbonyl (C=O) groups is 1. The number of sulfone groups is 1. The van der Waals surface area contributed by atoms with Crippen molar-refractivity contribution in [2.24, 2.45) is 5.10 Å². The molecule has 0 fully saturated rings. The van der Waals surface area contributed by atoms with Gasteiger partial charge in [-0.2, -0.15) is 5.10 Å². The molecule has 0 saturated heterocycles. The number of nitrogens with one attached hydrogen (secondary N) is 1. The summed E-state index contributed by atoms with van der Waals surface area (Å²) in [6.07, 6.45) is 1.28. The molecule has 0 atom stereocenters. The van der Waals surface area contributed by atoms with Gasteiger partial charge in [-0.1, -0.05) is 60.7 Å². The van der Waals surface area contributed by atoms with Gasteiger partial charge in [0, 0.05) is 6.54 Å². The molecule has 1 N–H and O–H groups in total. The lowest BCUT2D eigenvalue weighted by Gasteiger charge is -2.29. The number of hydrogen-bond acceptors (Lipinski definition) is 8. The number of carbonyl (C=O) groups excluding carboxylic acids is 1. The van der Waals surface area contributed by atoms with E-state index in [-0.39, 0.29) is 4.90 Å². The third kappa shape index (κ3) is 3.83. The molecule has 3 aromatic rings. The molecule has 0 spiro atoms. The van der Waals surface area contributed by atoms with Gasteiger partial charge in [0.05, 0.1) is 10.6 Å². The second-order valence-electron chi connectivity index (χ2n) is 6.55. The van der Waals surface area contributed by atoms with Crippen molar-refractivity contribution in [3.8, 4) is 0 Å². The van der Waals surface area contributed by atoms with E-state index in [0.717, 1.165) is 10.6 Å². The Balaban J connectivity index is 1.68. The van der Waals surface area contributed by atoms with Crippen LogP contribution in [0.4, 0.5) is 10.8 Å². The first-order chi connectivity index (χ1) is 14.5. The number of fused-ring (bicyclic) bond motifs is 1. The minimum absolute atomic E-state index is 0.0599. The zero-order valence-corrected chi connectivity index (χ0v) is 17.8. The van der Waals surface area contributed by atoms with Crippen LogP contribution >= 0.6 is 11.3 Å². The normalized spacial score (nSPS) is 16.5. The van der Waals surface area contributed by atoms with Gasteiger partial charge in [0.2, 0.25) is 20.0 Å². The van der Waals surface area contributed by atoms with E-state index < -0.39 is 20.8 Å². The van der Waals surface area contributed by atoms with Crippen LogP contribution in [0, 0.1) is 0 Å². The lowest BCUT2D eigenvalue weighted by molar-refractivity contribution is -0.112. The highest BCUT2D eigenvalue weighted by Gasteiger charge is 2.41. The van der Waals surface area contributed by atoms with Crippen molar-refractivity contribution in [1.29, 1.82) is 0 Å². The zero-order valence-electron chi connectivity index (χ0n) is 16.1. The Bertz CT molecular complexity index is 1210. The molecule has 1 aromatic heterocycles. The third-order valence-corrected chi connectivity index (χ3v) is 7.29. The number of anilines is 2. The van der Waals surface area contributed by atoms with Crippen molar-refractivity contribution in [3.63, 3.8) is 0 Å². The molecule has 8 nitrogen and oxygen atoms in total. The Hall–Kier alpha value is -3.11. The molecule has 0 radical (unpaired) electrons. The summed E-state index contributed by atoms with van der Waals surface area (Å²) in [4.78, 5) is 14.7. The van der Waals surface area contributed by atoms with Crippen LogP contribution in [-0.4, -0.2) is 36.1 Å². The first-order valence-electron chi connectivity index (χ1n) is 9.36. The molecular formula is C20H19N5O3S2. The fourth-order valence-electron chi connectivity index (χ4n) is 3.11. The van der Waals surface area contributed by atoms with E-state index >= 15 is 0 Å². The molecule has 2 aromatic carbocycles. The van der Waals surface area contributed by atoms with Crippen LogP contribution in [-0.2, 0) is 27.5 Å². The molecule has 10 heteroatoms. The fourth-order valence-corrected chi connectivity index (χ4v) is 5.15. The van der Waals surface area contributed by atoms with Crippen LogP contribution in [0.5, 0.6) is 0 Å². The van der Waals surface area contributed by atoms with E-state index in [1.165, 1.54) is 22.3 Å². The minimum Gasteiger partial charge on any atom is -0.305 e. The van der Waals surface area contributed by atoms with E-state index in [9.17, 15) is 13.2 Å². The minimum atomic E-state index is -4.06. The Labute approximate surface area is 178 Å². The summed E-state index contributed by atoms with van der Waals surface area (Å²) >= 11 is 1.26. The number of para-hydroxylation sites is 1. The van der Waals surface area contributed by atoms with Crippen molar-refractivity contribution in [3.05, 3.63) is 65.2 Å². The maximum absolute atomic E-state index is 13.2. The van der Waals surface area contributed by atoms with Crippen molar-refractivity contribution in [2.75, 3.05) is 16.9 Å². The molecule has 30 heavy (non-hydrogen) atoms. The summed E-state index contributed by atoms with van der Waals surface area (Å²) in [6.45, 7) is 2.26. The van der Waals surface area contributed by atoms with Gasteiger partial charge in [-0.15, -0.1) is 10.2 Å². The molecule has 1 aliphatic heterocycles. The van der Waals surface area contributed by atoms with Crippen LogP contribution in [0.2, 0.25) is 0 Å². The smallest absolute Gasteiger partial charge is 0.290 e. The number of benzene rings is 2. The number of aromatic nitrogens is 2. The number of hydrazone groups is 1. The lowest BCUT2D eigenvalue weighted by atomic mass is 10.1. The molecule has 4 rings (SSSR count). The topological polar surface area (TPSA) is 105 Å². The first kappa shape index (κ1) is 20.2. The molecule has 0 bridgehead atoms. The summed E-state index contributed by atoms with van der Waals surface area (Å²) < 4.78 is 26.1. The van der Waals surface area contributed by atoms with E-state index in [1.54, 1.807) is 18.2 Å². The monoisotopic (exact) mass is 441 g/mol. The Kier molecular flexibility index (Phi) is 5.60. The zero-order chi connectivity index (χ0) is 21.1. The van der Waals surface area contributed by atoms with E-state index in [2.05, 4.69) is 20.7 Å². The summed E-state index contributed by atoms with van der Waals surface area (Å²) in [7, 11) is -4.06. The Morgan fingerprint density at radius 2 is 1.80 bits per heavy atom. The standard InChI is InChI=1S/C20H19N5O3S2/c1-2-17-21-23-20(29-17)24-22-18-19(26)25(13-12-14-8-4-3-5-9-14)15-10-6-7-11-16(15)30(18,27)28/h3-11H,2,12-13H2,1H3,(H,23,24). The predicted octanol–water partition coefficient (Wildman–Crippen LogP) is 2.89. The van der Waals surface area contributed by atoms with Gasteiger partial charge in [-0.25, -0.2) is 13.8 Å². The predicted molar refractivity (Wildman–Crippen MR) is 116 cm³/mol. The Morgan fingerprint density at radius 3 is 2.53 bits per heavy atom. The highest BCUT2D eigenvalue weighted by atomic mass is 32.2. The highest BCUT2D eigenvalue weighted by Crippen LogP contribution is 2.32. The van der Waals surface area contributed by atoms with Gasteiger partial charge in [0.1, 0.15) is 5.01 Å². The van der Waals surface area contributed by atoms with E-state index in [0.29, 0.717) is 30.2 Å². The fraction of sp³-hybridized carbons (Fsp3) is 0.200. The summed E-state index contributed by atoms with van der Waals surface area (Å²) in [5.41, 5.74) is 4.00. The van der Waals surface area contributed by atoms with Crippen molar-refractivity contribution in [2.45, 2.75) is 24.7 Å². The molecule has 0 saturated carbocycles. The van der Waals surface area contributed by atoms with Gasteiger partial charge < -0.3 is 4.90 Å². The number of amides is 1. The van der Waals surface area contributed by atoms with Crippen LogP contribution in [0.25, 0.3) is 0 Å². The van der Waals surface area contributed by atoms with Crippen LogP contribution < -0.4 is 10.3 Å². The van der Waals surface area contributed by atoms with Crippen molar-refractivity contribution < 1.29 is 13.2 Å².